The molecule has 0 fully saturated rings. The van der Waals surface area contributed by atoms with Crippen LogP contribution in [0.15, 0.2) is 48.0 Å². The van der Waals surface area contributed by atoms with Gasteiger partial charge in [-0.2, -0.15) is 5.26 Å². The normalized spacial score (nSPS) is 11.6. The summed E-state index contributed by atoms with van der Waals surface area (Å²) in [6, 6.07) is 15.1. The molecule has 0 aliphatic carbocycles. The van der Waals surface area contributed by atoms with E-state index in [1.54, 1.807) is 6.20 Å². The predicted molar refractivity (Wildman–Crippen MR) is 124 cm³/mol. The van der Waals surface area contributed by atoms with Crippen molar-refractivity contribution in [3.05, 3.63) is 75.2 Å². The van der Waals surface area contributed by atoms with Crippen molar-refractivity contribution < 1.29 is 0 Å². The SMILES string of the molecule is Cc1cc(C)c(NC=C(C#N)c2nc(-c3ccc(CC(C)C)cc3)cs2)c(C)c1. The number of thiazole rings is 1. The fourth-order valence-corrected chi connectivity index (χ4v) is 4.30. The number of benzene rings is 2. The Balaban J connectivity index is 1.81. The molecule has 4 heteroatoms. The summed E-state index contributed by atoms with van der Waals surface area (Å²) in [4.78, 5) is 4.70. The maximum absolute atomic E-state index is 9.65. The predicted octanol–water partition coefficient (Wildman–Crippen LogP) is 6.91. The highest BCUT2D eigenvalue weighted by molar-refractivity contribution is 7.11. The molecule has 0 bridgehead atoms. The summed E-state index contributed by atoms with van der Waals surface area (Å²) < 4.78 is 0. The van der Waals surface area contributed by atoms with Crippen LogP contribution < -0.4 is 5.32 Å². The third-order valence-corrected chi connectivity index (χ3v) is 5.66. The standard InChI is InChI=1S/C25H27N3S/c1-16(2)10-20-6-8-21(9-7-20)23-15-29-25(28-23)22(13-26)14-27-24-18(4)11-17(3)12-19(24)5/h6-9,11-12,14-16,27H,10H2,1-5H3. The van der Waals surface area contributed by atoms with Gasteiger partial charge in [-0.25, -0.2) is 4.98 Å². The quantitative estimate of drug-likeness (QED) is 0.456. The molecule has 29 heavy (non-hydrogen) atoms. The van der Waals surface area contributed by atoms with Gasteiger partial charge in [0, 0.05) is 22.8 Å². The zero-order valence-corrected chi connectivity index (χ0v) is 18.5. The maximum Gasteiger partial charge on any atom is 0.136 e. The van der Waals surface area contributed by atoms with E-state index in [0.717, 1.165) is 39.5 Å². The van der Waals surface area contributed by atoms with Crippen LogP contribution >= 0.6 is 11.3 Å². The van der Waals surface area contributed by atoms with Gasteiger partial charge < -0.3 is 5.32 Å². The Morgan fingerprint density at radius 1 is 1.14 bits per heavy atom. The fourth-order valence-electron chi connectivity index (χ4n) is 3.51. The third kappa shape index (κ3) is 5.13. The van der Waals surface area contributed by atoms with E-state index in [2.05, 4.69) is 82.4 Å². The van der Waals surface area contributed by atoms with Crippen LogP contribution in [0.1, 0.15) is 41.1 Å². The molecule has 0 unspecified atom stereocenters. The first-order chi connectivity index (χ1) is 13.9. The summed E-state index contributed by atoms with van der Waals surface area (Å²) in [7, 11) is 0. The molecule has 0 amide bonds. The van der Waals surface area contributed by atoms with Crippen LogP contribution in [0.3, 0.4) is 0 Å². The smallest absolute Gasteiger partial charge is 0.136 e. The van der Waals surface area contributed by atoms with Crippen LogP contribution in [0.25, 0.3) is 16.8 Å². The van der Waals surface area contributed by atoms with E-state index in [-0.39, 0.29) is 0 Å². The van der Waals surface area contributed by atoms with Crippen molar-refractivity contribution in [1.82, 2.24) is 4.98 Å². The van der Waals surface area contributed by atoms with Crippen molar-refractivity contribution in [3.8, 4) is 17.3 Å². The average molecular weight is 402 g/mol. The van der Waals surface area contributed by atoms with E-state index in [4.69, 9.17) is 4.98 Å². The van der Waals surface area contributed by atoms with Crippen molar-refractivity contribution in [3.63, 3.8) is 0 Å². The second-order valence-corrected chi connectivity index (χ2v) is 8.78. The van der Waals surface area contributed by atoms with Crippen LogP contribution in [0.4, 0.5) is 5.69 Å². The molecule has 3 nitrogen and oxygen atoms in total. The molecule has 0 spiro atoms. The average Bonchev–Trinajstić information content (AvgIpc) is 3.14. The van der Waals surface area contributed by atoms with Gasteiger partial charge in [-0.3, -0.25) is 0 Å². The van der Waals surface area contributed by atoms with E-state index in [9.17, 15) is 5.26 Å². The van der Waals surface area contributed by atoms with Gasteiger partial charge in [-0.15, -0.1) is 11.3 Å². The number of hydrogen-bond donors (Lipinski definition) is 1. The van der Waals surface area contributed by atoms with Crippen LogP contribution in [0, 0.1) is 38.0 Å². The monoisotopic (exact) mass is 401 g/mol. The highest BCUT2D eigenvalue weighted by Crippen LogP contribution is 2.28. The Hall–Kier alpha value is -2.90. The molecule has 0 saturated heterocycles. The van der Waals surface area contributed by atoms with Crippen LogP contribution in [-0.4, -0.2) is 4.98 Å². The van der Waals surface area contributed by atoms with Gasteiger partial charge in [0.25, 0.3) is 0 Å². The van der Waals surface area contributed by atoms with Crippen LogP contribution in [0.2, 0.25) is 0 Å². The van der Waals surface area contributed by atoms with Gasteiger partial charge in [0.2, 0.25) is 0 Å². The molecule has 1 N–H and O–H groups in total. The first-order valence-corrected chi connectivity index (χ1v) is 10.7. The minimum absolute atomic E-state index is 0.539. The lowest BCUT2D eigenvalue weighted by Crippen LogP contribution is -1.97. The van der Waals surface area contributed by atoms with Crippen molar-refractivity contribution in [1.29, 1.82) is 5.26 Å². The Kier molecular flexibility index (Phi) is 6.51. The Labute approximate surface area is 177 Å². The van der Waals surface area contributed by atoms with Gasteiger partial charge in [0.1, 0.15) is 16.6 Å². The molecule has 0 aliphatic heterocycles. The molecule has 3 rings (SSSR count). The van der Waals surface area contributed by atoms with Crippen molar-refractivity contribution >= 4 is 22.6 Å². The minimum Gasteiger partial charge on any atom is -0.360 e. The lowest BCUT2D eigenvalue weighted by atomic mass is 10.0. The third-order valence-electron chi connectivity index (χ3n) is 4.79. The first kappa shape index (κ1) is 20.8. The molecule has 148 valence electrons. The minimum atomic E-state index is 0.539. The van der Waals surface area contributed by atoms with Crippen LogP contribution in [0.5, 0.6) is 0 Å². The number of aryl methyl sites for hydroxylation is 3. The highest BCUT2D eigenvalue weighted by Gasteiger charge is 2.10. The zero-order valence-electron chi connectivity index (χ0n) is 17.7. The number of nitriles is 1. The lowest BCUT2D eigenvalue weighted by molar-refractivity contribution is 0.647. The molecule has 0 radical (unpaired) electrons. The summed E-state index contributed by atoms with van der Waals surface area (Å²) >= 11 is 1.50. The largest absolute Gasteiger partial charge is 0.360 e. The molecule has 3 aromatic rings. The molecule has 0 saturated carbocycles. The molecule has 2 aromatic carbocycles. The second-order valence-electron chi connectivity index (χ2n) is 7.92. The summed E-state index contributed by atoms with van der Waals surface area (Å²) in [5.74, 6) is 0.642. The molecule has 1 aromatic heterocycles. The van der Waals surface area contributed by atoms with Crippen LogP contribution in [-0.2, 0) is 6.42 Å². The van der Waals surface area contributed by atoms with Gasteiger partial charge in [-0.1, -0.05) is 55.8 Å². The Morgan fingerprint density at radius 3 is 2.38 bits per heavy atom. The number of allylic oxidation sites excluding steroid dienone is 1. The van der Waals surface area contributed by atoms with Gasteiger partial charge >= 0.3 is 0 Å². The fraction of sp³-hybridized carbons (Fsp3) is 0.280. The van der Waals surface area contributed by atoms with Gasteiger partial charge in [-0.05, 0) is 49.8 Å². The maximum atomic E-state index is 9.65. The van der Waals surface area contributed by atoms with E-state index in [0.29, 0.717) is 11.5 Å². The molecule has 0 atom stereocenters. The molecular formula is C25H27N3S. The first-order valence-electron chi connectivity index (χ1n) is 9.87. The molecular weight excluding hydrogens is 374 g/mol. The zero-order chi connectivity index (χ0) is 21.0. The second kappa shape index (κ2) is 9.07. The van der Waals surface area contributed by atoms with E-state index < -0.39 is 0 Å². The summed E-state index contributed by atoms with van der Waals surface area (Å²) in [6.07, 6.45) is 2.84. The summed E-state index contributed by atoms with van der Waals surface area (Å²) in [6.45, 7) is 10.7. The Morgan fingerprint density at radius 2 is 1.79 bits per heavy atom. The summed E-state index contributed by atoms with van der Waals surface area (Å²) in [5.41, 5.74) is 8.47. The number of anilines is 1. The van der Waals surface area contributed by atoms with E-state index >= 15 is 0 Å². The topological polar surface area (TPSA) is 48.7 Å². The van der Waals surface area contributed by atoms with Crippen molar-refractivity contribution in [2.45, 2.75) is 41.0 Å². The number of rotatable bonds is 6. The highest BCUT2D eigenvalue weighted by atomic mass is 32.1. The van der Waals surface area contributed by atoms with E-state index in [1.165, 1.54) is 22.5 Å². The summed E-state index contributed by atoms with van der Waals surface area (Å²) in [5, 5.41) is 15.7. The Bertz CT molecular complexity index is 1040. The number of hydrogen-bond acceptors (Lipinski definition) is 4. The number of aromatic nitrogens is 1. The van der Waals surface area contributed by atoms with Crippen molar-refractivity contribution in [2.24, 2.45) is 5.92 Å². The number of nitrogens with one attached hydrogen (secondary N) is 1. The molecule has 1 heterocycles. The lowest BCUT2D eigenvalue weighted by Gasteiger charge is -2.11. The molecule has 0 aliphatic rings. The van der Waals surface area contributed by atoms with Gasteiger partial charge in [0.05, 0.1) is 5.69 Å². The van der Waals surface area contributed by atoms with E-state index in [1.807, 2.05) is 5.38 Å². The van der Waals surface area contributed by atoms with Gasteiger partial charge in [0.15, 0.2) is 0 Å². The number of nitrogens with zero attached hydrogens (tertiary/aromatic N) is 2. The van der Waals surface area contributed by atoms with Crippen molar-refractivity contribution in [2.75, 3.05) is 5.32 Å².